The highest BCUT2D eigenvalue weighted by Gasteiger charge is 2.12. The molecule has 134 valence electrons. The summed E-state index contributed by atoms with van der Waals surface area (Å²) in [5.41, 5.74) is 2.79. The summed E-state index contributed by atoms with van der Waals surface area (Å²) in [7, 11) is 0. The standard InChI is InChI=1S/C15H17Cl4FN2O2/c16-10-8-11(17)13(12(18)9-10)21-22-14(19)15(23)24-7-5-3-1-2-4-6-20/h8-9,21H,1-7H2. The largest absolute Gasteiger partial charge is 0.460 e. The van der Waals surface area contributed by atoms with Gasteiger partial charge in [0.1, 0.15) is 0 Å². The number of hydrazone groups is 1. The Balaban J connectivity index is 2.39. The lowest BCUT2D eigenvalue weighted by Crippen LogP contribution is -2.14. The quantitative estimate of drug-likeness (QED) is 0.217. The average molecular weight is 418 g/mol. The van der Waals surface area contributed by atoms with Gasteiger partial charge in [-0.15, -0.1) is 0 Å². The third-order valence-electron chi connectivity index (χ3n) is 2.95. The number of carbonyl (C=O) groups excluding carboxylic acids is 1. The van der Waals surface area contributed by atoms with Crippen molar-refractivity contribution in [3.05, 3.63) is 27.2 Å². The van der Waals surface area contributed by atoms with E-state index < -0.39 is 5.97 Å². The number of ether oxygens (including phenoxy) is 1. The van der Waals surface area contributed by atoms with Gasteiger partial charge in [-0.3, -0.25) is 9.82 Å². The highest BCUT2D eigenvalue weighted by molar-refractivity contribution is 6.82. The fourth-order valence-corrected chi connectivity index (χ4v) is 2.75. The molecule has 0 saturated carbocycles. The summed E-state index contributed by atoms with van der Waals surface area (Å²) in [5.74, 6) is -0.755. The van der Waals surface area contributed by atoms with E-state index >= 15 is 0 Å². The number of hydrogen-bond acceptors (Lipinski definition) is 4. The number of anilines is 1. The Kier molecular flexibility index (Phi) is 10.4. The highest BCUT2D eigenvalue weighted by atomic mass is 35.5. The first kappa shape index (κ1) is 21.3. The number of halogens is 5. The Morgan fingerprint density at radius 2 is 1.67 bits per heavy atom. The Hall–Kier alpha value is -0.750. The van der Waals surface area contributed by atoms with Crippen LogP contribution < -0.4 is 5.43 Å². The van der Waals surface area contributed by atoms with E-state index in [-0.39, 0.29) is 34.2 Å². The van der Waals surface area contributed by atoms with Crippen molar-refractivity contribution in [2.45, 2.75) is 32.1 Å². The molecule has 0 spiro atoms. The molecule has 1 aromatic carbocycles. The summed E-state index contributed by atoms with van der Waals surface area (Å²) in [6.07, 6.45) is 3.85. The van der Waals surface area contributed by atoms with Crippen molar-refractivity contribution >= 4 is 63.2 Å². The number of esters is 1. The van der Waals surface area contributed by atoms with Crippen molar-refractivity contribution in [3.8, 4) is 0 Å². The van der Waals surface area contributed by atoms with Crippen LogP contribution in [0.25, 0.3) is 0 Å². The van der Waals surface area contributed by atoms with E-state index in [1.807, 2.05) is 0 Å². The van der Waals surface area contributed by atoms with Crippen LogP contribution in [0.4, 0.5) is 10.1 Å². The van der Waals surface area contributed by atoms with Crippen molar-refractivity contribution in [3.63, 3.8) is 0 Å². The van der Waals surface area contributed by atoms with Gasteiger partial charge in [-0.2, -0.15) is 5.10 Å². The van der Waals surface area contributed by atoms with Gasteiger partial charge in [0.25, 0.3) is 0 Å². The lowest BCUT2D eigenvalue weighted by molar-refractivity contribution is -0.135. The smallest absolute Gasteiger partial charge is 0.370 e. The molecule has 24 heavy (non-hydrogen) atoms. The molecule has 0 aliphatic rings. The third kappa shape index (κ3) is 7.88. The molecule has 0 aromatic heterocycles. The van der Waals surface area contributed by atoms with E-state index in [4.69, 9.17) is 51.1 Å². The van der Waals surface area contributed by atoms with Gasteiger partial charge in [0.05, 0.1) is 29.0 Å². The molecule has 4 nitrogen and oxygen atoms in total. The second kappa shape index (κ2) is 11.7. The Bertz CT molecular complexity index is 562. The molecule has 1 aromatic rings. The first-order valence-corrected chi connectivity index (χ1v) is 8.83. The van der Waals surface area contributed by atoms with Crippen molar-refractivity contribution in [1.82, 2.24) is 0 Å². The molecule has 0 aliphatic heterocycles. The molecule has 0 amide bonds. The molecule has 0 aliphatic carbocycles. The summed E-state index contributed by atoms with van der Waals surface area (Å²) in [6, 6.07) is 2.95. The van der Waals surface area contributed by atoms with Crippen LogP contribution in [-0.4, -0.2) is 24.4 Å². The van der Waals surface area contributed by atoms with Crippen LogP contribution in [0.1, 0.15) is 32.1 Å². The maximum atomic E-state index is 11.9. The minimum Gasteiger partial charge on any atom is -0.460 e. The van der Waals surface area contributed by atoms with Crippen LogP contribution >= 0.6 is 46.4 Å². The number of rotatable bonds is 10. The van der Waals surface area contributed by atoms with Gasteiger partial charge >= 0.3 is 5.97 Å². The second-order valence-electron chi connectivity index (χ2n) is 4.85. The highest BCUT2D eigenvalue weighted by Crippen LogP contribution is 2.33. The van der Waals surface area contributed by atoms with Gasteiger partial charge in [0.2, 0.25) is 5.17 Å². The zero-order valence-corrected chi connectivity index (χ0v) is 15.8. The number of unbranched alkanes of at least 4 members (excludes halogenated alkanes) is 4. The first-order chi connectivity index (χ1) is 11.5. The molecule has 0 radical (unpaired) electrons. The van der Waals surface area contributed by atoms with E-state index in [2.05, 4.69) is 10.5 Å². The maximum absolute atomic E-state index is 11.9. The minimum atomic E-state index is -0.755. The van der Waals surface area contributed by atoms with Gasteiger partial charge in [0.15, 0.2) is 0 Å². The van der Waals surface area contributed by atoms with Crippen LogP contribution in [-0.2, 0) is 9.53 Å². The molecule has 0 saturated heterocycles. The van der Waals surface area contributed by atoms with Crippen LogP contribution in [0.15, 0.2) is 17.2 Å². The number of alkyl halides is 1. The van der Waals surface area contributed by atoms with Crippen LogP contribution in [0.5, 0.6) is 0 Å². The van der Waals surface area contributed by atoms with Crippen molar-refractivity contribution < 1.29 is 13.9 Å². The van der Waals surface area contributed by atoms with E-state index in [1.165, 1.54) is 12.1 Å². The van der Waals surface area contributed by atoms with Crippen LogP contribution in [0.2, 0.25) is 15.1 Å². The molecular formula is C15H17Cl4FN2O2. The Labute approximate surface area is 160 Å². The number of nitrogens with zero attached hydrogens (tertiary/aromatic N) is 1. The molecule has 0 fully saturated rings. The van der Waals surface area contributed by atoms with E-state index in [0.717, 1.165) is 19.3 Å². The molecule has 1 rings (SSSR count). The van der Waals surface area contributed by atoms with Crippen molar-refractivity contribution in [2.75, 3.05) is 18.7 Å². The first-order valence-electron chi connectivity index (χ1n) is 7.32. The van der Waals surface area contributed by atoms with Crippen molar-refractivity contribution in [2.24, 2.45) is 5.10 Å². The molecule has 0 atom stereocenters. The lowest BCUT2D eigenvalue weighted by atomic mass is 10.2. The summed E-state index contributed by atoms with van der Waals surface area (Å²) >= 11 is 23.5. The summed E-state index contributed by atoms with van der Waals surface area (Å²) in [5, 5.41) is 4.16. The van der Waals surface area contributed by atoms with Gasteiger partial charge in [-0.05, 0) is 25.0 Å². The molecule has 9 heteroatoms. The summed E-state index contributed by atoms with van der Waals surface area (Å²) < 4.78 is 16.9. The number of carbonyl (C=O) groups is 1. The third-order valence-corrected chi connectivity index (χ3v) is 4.01. The number of hydrogen-bond donors (Lipinski definition) is 1. The fraction of sp³-hybridized carbons (Fsp3) is 0.467. The molecular weight excluding hydrogens is 401 g/mol. The summed E-state index contributed by atoms with van der Waals surface area (Å²) in [6.45, 7) is -0.0711. The fourth-order valence-electron chi connectivity index (χ4n) is 1.75. The van der Waals surface area contributed by atoms with Crippen LogP contribution in [0, 0.1) is 0 Å². The molecule has 0 bridgehead atoms. The Morgan fingerprint density at radius 3 is 2.29 bits per heavy atom. The molecule has 1 N–H and O–H groups in total. The van der Waals surface area contributed by atoms with Gasteiger partial charge in [-0.1, -0.05) is 65.7 Å². The molecule has 0 heterocycles. The topological polar surface area (TPSA) is 50.7 Å². The predicted octanol–water partition coefficient (Wildman–Crippen LogP) is 6.07. The predicted molar refractivity (Wildman–Crippen MR) is 98.4 cm³/mol. The Morgan fingerprint density at radius 1 is 1.08 bits per heavy atom. The van der Waals surface area contributed by atoms with Gasteiger partial charge < -0.3 is 4.74 Å². The van der Waals surface area contributed by atoms with Crippen LogP contribution in [0.3, 0.4) is 0 Å². The van der Waals surface area contributed by atoms with E-state index in [1.54, 1.807) is 0 Å². The summed E-state index contributed by atoms with van der Waals surface area (Å²) in [4.78, 5) is 11.7. The molecule has 0 unspecified atom stereocenters. The van der Waals surface area contributed by atoms with E-state index in [9.17, 15) is 9.18 Å². The second-order valence-corrected chi connectivity index (χ2v) is 6.46. The number of nitrogens with one attached hydrogen (secondary N) is 1. The van der Waals surface area contributed by atoms with E-state index in [0.29, 0.717) is 17.9 Å². The number of benzene rings is 1. The van der Waals surface area contributed by atoms with Crippen molar-refractivity contribution in [1.29, 1.82) is 0 Å². The monoisotopic (exact) mass is 416 g/mol. The zero-order valence-electron chi connectivity index (χ0n) is 12.8. The average Bonchev–Trinajstić information content (AvgIpc) is 2.52. The maximum Gasteiger partial charge on any atom is 0.370 e. The lowest BCUT2D eigenvalue weighted by Gasteiger charge is -2.07. The zero-order chi connectivity index (χ0) is 17.9. The van der Waals surface area contributed by atoms with Gasteiger partial charge in [0, 0.05) is 5.02 Å². The minimum absolute atomic E-state index is 0.225. The SMILES string of the molecule is O=C(OCCCCCCCF)C(Cl)=NNc1c(Cl)cc(Cl)cc1Cl. The van der Waals surface area contributed by atoms with Gasteiger partial charge in [-0.25, -0.2) is 4.79 Å². The normalized spacial score (nSPS) is 11.5.